The van der Waals surface area contributed by atoms with Crippen LogP contribution >= 0.6 is 0 Å². The number of benzene rings is 1. The zero-order chi connectivity index (χ0) is 18.7. The Morgan fingerprint density at radius 3 is 2.38 bits per heavy atom. The third kappa shape index (κ3) is 4.01. The van der Waals surface area contributed by atoms with Crippen molar-refractivity contribution in [3.8, 4) is 0 Å². The van der Waals surface area contributed by atoms with Gasteiger partial charge in [-0.15, -0.1) is 0 Å². The predicted molar refractivity (Wildman–Crippen MR) is 97.5 cm³/mol. The van der Waals surface area contributed by atoms with E-state index in [0.717, 1.165) is 10.2 Å². The number of piperidine rings is 1. The number of rotatable bonds is 4. The molecule has 1 aliphatic heterocycles. The van der Waals surface area contributed by atoms with Gasteiger partial charge in [0.05, 0.1) is 11.0 Å². The highest BCUT2D eigenvalue weighted by molar-refractivity contribution is 7.91. The Balaban J connectivity index is 1.64. The first-order valence-electron chi connectivity index (χ1n) is 8.46. The van der Waals surface area contributed by atoms with E-state index in [1.165, 1.54) is 19.2 Å². The van der Waals surface area contributed by atoms with Gasteiger partial charge in [-0.1, -0.05) is 30.3 Å². The minimum absolute atomic E-state index is 0.0226. The van der Waals surface area contributed by atoms with Gasteiger partial charge in [-0.2, -0.15) is 5.10 Å². The first kappa shape index (κ1) is 18.3. The molecule has 1 fully saturated rings. The van der Waals surface area contributed by atoms with Gasteiger partial charge in [0.25, 0.3) is 11.5 Å². The van der Waals surface area contributed by atoms with E-state index in [-0.39, 0.29) is 22.9 Å². The summed E-state index contributed by atoms with van der Waals surface area (Å²) in [5.74, 6) is -0.256. The summed E-state index contributed by atoms with van der Waals surface area (Å²) in [5.41, 5.74) is 0.686. The maximum atomic E-state index is 12.6. The van der Waals surface area contributed by atoms with Crippen molar-refractivity contribution >= 4 is 15.7 Å². The highest BCUT2D eigenvalue weighted by Gasteiger charge is 2.32. The fourth-order valence-electron chi connectivity index (χ4n) is 3.12. The lowest BCUT2D eigenvalue weighted by molar-refractivity contribution is 0.0717. The molecule has 0 bridgehead atoms. The Morgan fingerprint density at radius 1 is 1.12 bits per heavy atom. The van der Waals surface area contributed by atoms with Crippen molar-refractivity contribution in [1.29, 1.82) is 0 Å². The Kier molecular flexibility index (Phi) is 5.22. The minimum atomic E-state index is -3.26. The third-order valence-corrected chi connectivity index (χ3v) is 6.85. The van der Waals surface area contributed by atoms with Crippen LogP contribution in [0, 0.1) is 0 Å². The molecular weight excluding hydrogens is 354 g/mol. The molecule has 0 radical (unpaired) electrons. The van der Waals surface area contributed by atoms with Gasteiger partial charge in [-0.25, -0.2) is 13.1 Å². The number of likely N-dealkylation sites (tertiary alicyclic amines) is 1. The summed E-state index contributed by atoms with van der Waals surface area (Å²) < 4.78 is 26.4. The van der Waals surface area contributed by atoms with E-state index in [1.807, 2.05) is 30.3 Å². The number of sulfone groups is 1. The molecule has 26 heavy (non-hydrogen) atoms. The molecule has 7 nitrogen and oxygen atoms in total. The molecule has 1 amide bonds. The highest BCUT2D eigenvalue weighted by atomic mass is 32.2. The summed E-state index contributed by atoms with van der Waals surface area (Å²) in [7, 11) is -1.77. The molecule has 0 unspecified atom stereocenters. The van der Waals surface area contributed by atoms with Crippen molar-refractivity contribution in [2.45, 2.75) is 23.8 Å². The third-order valence-electron chi connectivity index (χ3n) is 4.63. The number of hydrogen-bond acceptors (Lipinski definition) is 5. The molecule has 1 aromatic heterocycles. The standard InChI is InChI=1S/C18H21N3O4S/c1-20-17(22)8-7-16(19-20)18(23)21-11-9-15(10-12-21)26(24,25)13-14-5-3-2-4-6-14/h2-8,15H,9-13H2,1H3. The minimum Gasteiger partial charge on any atom is -0.337 e. The molecular formula is C18H21N3O4S. The van der Waals surface area contributed by atoms with Gasteiger partial charge < -0.3 is 4.90 Å². The summed E-state index contributed by atoms with van der Waals surface area (Å²) in [4.78, 5) is 25.5. The van der Waals surface area contributed by atoms with Crippen LogP contribution in [0.5, 0.6) is 0 Å². The second-order valence-electron chi connectivity index (χ2n) is 6.46. The van der Waals surface area contributed by atoms with Crippen molar-refractivity contribution in [1.82, 2.24) is 14.7 Å². The monoisotopic (exact) mass is 375 g/mol. The summed E-state index contributed by atoms with van der Waals surface area (Å²) in [6.45, 7) is 0.726. The van der Waals surface area contributed by atoms with Gasteiger partial charge in [0.15, 0.2) is 9.84 Å². The van der Waals surface area contributed by atoms with Gasteiger partial charge in [0.1, 0.15) is 5.69 Å². The Hall–Kier alpha value is -2.48. The van der Waals surface area contributed by atoms with E-state index in [1.54, 1.807) is 4.90 Å². The van der Waals surface area contributed by atoms with Crippen LogP contribution in [0.25, 0.3) is 0 Å². The van der Waals surface area contributed by atoms with E-state index in [2.05, 4.69) is 5.10 Å². The molecule has 8 heteroatoms. The van der Waals surface area contributed by atoms with E-state index in [0.29, 0.717) is 25.9 Å². The van der Waals surface area contributed by atoms with Crippen LogP contribution in [0.4, 0.5) is 0 Å². The lowest BCUT2D eigenvalue weighted by Crippen LogP contribution is -2.43. The van der Waals surface area contributed by atoms with Gasteiger partial charge in [-0.05, 0) is 24.5 Å². The normalized spacial score (nSPS) is 15.8. The van der Waals surface area contributed by atoms with E-state index >= 15 is 0 Å². The molecule has 3 rings (SSSR count). The first-order valence-corrected chi connectivity index (χ1v) is 10.2. The number of amides is 1. The molecule has 1 aliphatic rings. The lowest BCUT2D eigenvalue weighted by Gasteiger charge is -2.31. The first-order chi connectivity index (χ1) is 12.4. The number of carbonyl (C=O) groups excluding carboxylic acids is 1. The van der Waals surface area contributed by atoms with Crippen LogP contribution in [-0.4, -0.2) is 47.3 Å². The van der Waals surface area contributed by atoms with Crippen LogP contribution in [0.1, 0.15) is 28.9 Å². The zero-order valence-electron chi connectivity index (χ0n) is 14.5. The smallest absolute Gasteiger partial charge is 0.274 e. The van der Waals surface area contributed by atoms with Crippen LogP contribution in [0.3, 0.4) is 0 Å². The number of nitrogens with zero attached hydrogens (tertiary/aromatic N) is 3. The van der Waals surface area contributed by atoms with E-state index < -0.39 is 15.1 Å². The van der Waals surface area contributed by atoms with E-state index in [9.17, 15) is 18.0 Å². The van der Waals surface area contributed by atoms with Gasteiger partial charge in [0, 0.05) is 26.2 Å². The second kappa shape index (κ2) is 7.41. The maximum Gasteiger partial charge on any atom is 0.274 e. The predicted octanol–water partition coefficient (Wildman–Crippen LogP) is 1.000. The highest BCUT2D eigenvalue weighted by Crippen LogP contribution is 2.22. The molecule has 1 saturated heterocycles. The van der Waals surface area contributed by atoms with Crippen molar-refractivity contribution in [2.24, 2.45) is 7.05 Å². The average Bonchev–Trinajstić information content (AvgIpc) is 2.64. The van der Waals surface area contributed by atoms with Crippen LogP contribution in [0.15, 0.2) is 47.3 Å². The number of hydrogen-bond donors (Lipinski definition) is 0. The quantitative estimate of drug-likeness (QED) is 0.795. The number of carbonyl (C=O) groups is 1. The Labute approximate surface area is 152 Å². The van der Waals surface area contributed by atoms with Crippen molar-refractivity contribution in [2.75, 3.05) is 13.1 Å². The zero-order valence-corrected chi connectivity index (χ0v) is 15.4. The van der Waals surface area contributed by atoms with Crippen LogP contribution in [-0.2, 0) is 22.6 Å². The topological polar surface area (TPSA) is 89.3 Å². The molecule has 0 atom stereocenters. The summed E-state index contributed by atoms with van der Waals surface area (Å²) >= 11 is 0. The van der Waals surface area contributed by atoms with E-state index in [4.69, 9.17) is 0 Å². The fourth-order valence-corrected chi connectivity index (χ4v) is 4.94. The molecule has 0 saturated carbocycles. The molecule has 0 spiro atoms. The number of aryl methyl sites for hydroxylation is 1. The Morgan fingerprint density at radius 2 is 1.77 bits per heavy atom. The molecule has 0 N–H and O–H groups in total. The SMILES string of the molecule is Cn1nc(C(=O)N2CCC(S(=O)(=O)Cc3ccccc3)CC2)ccc1=O. The van der Waals surface area contributed by atoms with Crippen molar-refractivity contribution in [3.63, 3.8) is 0 Å². The summed E-state index contributed by atoms with van der Waals surface area (Å²) in [6, 6.07) is 11.8. The second-order valence-corrected chi connectivity index (χ2v) is 8.75. The molecule has 2 aromatic rings. The lowest BCUT2D eigenvalue weighted by atomic mass is 10.1. The van der Waals surface area contributed by atoms with Gasteiger partial charge in [-0.3, -0.25) is 9.59 Å². The molecule has 2 heterocycles. The summed E-state index contributed by atoms with van der Waals surface area (Å²) in [6.07, 6.45) is 0.819. The number of aromatic nitrogens is 2. The van der Waals surface area contributed by atoms with Crippen LogP contribution in [0.2, 0.25) is 0 Å². The molecule has 0 aliphatic carbocycles. The van der Waals surface area contributed by atoms with Crippen LogP contribution < -0.4 is 5.56 Å². The average molecular weight is 375 g/mol. The van der Waals surface area contributed by atoms with Gasteiger partial charge in [0.2, 0.25) is 0 Å². The maximum absolute atomic E-state index is 12.6. The van der Waals surface area contributed by atoms with Crippen molar-refractivity contribution in [3.05, 3.63) is 64.1 Å². The van der Waals surface area contributed by atoms with Crippen molar-refractivity contribution < 1.29 is 13.2 Å². The Bertz CT molecular complexity index is 946. The molecule has 1 aromatic carbocycles. The largest absolute Gasteiger partial charge is 0.337 e. The fraction of sp³-hybridized carbons (Fsp3) is 0.389. The molecule has 138 valence electrons. The van der Waals surface area contributed by atoms with Gasteiger partial charge >= 0.3 is 0 Å². The summed E-state index contributed by atoms with van der Waals surface area (Å²) in [5, 5.41) is 3.52.